The number of rotatable bonds is 4. The van der Waals surface area contributed by atoms with E-state index in [0.717, 1.165) is 15.6 Å². The Morgan fingerprint density at radius 1 is 1.29 bits per heavy atom. The van der Waals surface area contributed by atoms with Crippen molar-refractivity contribution in [2.24, 2.45) is 5.14 Å². The summed E-state index contributed by atoms with van der Waals surface area (Å²) in [7, 11) is -3.92. The first-order valence-electron chi connectivity index (χ1n) is 5.76. The Kier molecular flexibility index (Phi) is 4.79. The highest BCUT2D eigenvalue weighted by atomic mass is 35.5. The first-order chi connectivity index (χ1) is 9.68. The molecule has 0 amide bonds. The number of hydrogen-bond donors (Lipinski definition) is 1. The molecule has 0 fully saturated rings. The maximum Gasteiger partial charge on any atom is 0.239 e. The molecule has 1 heterocycles. The van der Waals surface area contributed by atoms with Gasteiger partial charge in [-0.2, -0.15) is 0 Å². The lowest BCUT2D eigenvalue weighted by atomic mass is 10.3. The lowest BCUT2D eigenvalue weighted by molar-refractivity contribution is 0.305. The van der Waals surface area contributed by atoms with Crippen molar-refractivity contribution >= 4 is 44.6 Å². The Balaban J connectivity index is 2.23. The van der Waals surface area contributed by atoms with Gasteiger partial charge in [-0.25, -0.2) is 18.5 Å². The smallest absolute Gasteiger partial charge is 0.239 e. The van der Waals surface area contributed by atoms with Crippen LogP contribution in [0.1, 0.15) is 15.6 Å². The van der Waals surface area contributed by atoms with E-state index in [1.165, 1.54) is 23.5 Å². The third kappa shape index (κ3) is 3.87. The van der Waals surface area contributed by atoms with Gasteiger partial charge in [-0.05, 0) is 19.9 Å². The second-order valence-electron chi connectivity index (χ2n) is 4.30. The zero-order valence-corrected chi connectivity index (χ0v) is 14.3. The number of thiazole rings is 1. The van der Waals surface area contributed by atoms with Crippen molar-refractivity contribution in [3.63, 3.8) is 0 Å². The Hall–Kier alpha value is -0.860. The van der Waals surface area contributed by atoms with E-state index in [-0.39, 0.29) is 27.3 Å². The van der Waals surface area contributed by atoms with E-state index in [9.17, 15) is 8.42 Å². The first kappa shape index (κ1) is 16.5. The monoisotopic (exact) mass is 366 g/mol. The van der Waals surface area contributed by atoms with Crippen molar-refractivity contribution < 1.29 is 13.2 Å². The number of ether oxygens (including phenoxy) is 1. The Morgan fingerprint density at radius 3 is 2.48 bits per heavy atom. The standard InChI is InChI=1S/C12H12Cl2N2O3S2/c1-6-7(2)20-12(16-6)5-19-10-3-9(14)11(4-8(10)13)21(15,17)18/h3-4H,5H2,1-2H3,(H2,15,17,18). The van der Waals surface area contributed by atoms with Gasteiger partial charge >= 0.3 is 0 Å². The minimum Gasteiger partial charge on any atom is -0.485 e. The van der Waals surface area contributed by atoms with Gasteiger partial charge in [0.25, 0.3) is 0 Å². The van der Waals surface area contributed by atoms with Crippen LogP contribution in [-0.2, 0) is 16.6 Å². The van der Waals surface area contributed by atoms with Gasteiger partial charge in [0, 0.05) is 10.9 Å². The molecule has 21 heavy (non-hydrogen) atoms. The molecule has 0 aliphatic heterocycles. The number of hydrogen-bond acceptors (Lipinski definition) is 5. The zero-order chi connectivity index (χ0) is 15.8. The Labute approximate surface area is 136 Å². The highest BCUT2D eigenvalue weighted by molar-refractivity contribution is 7.89. The summed E-state index contributed by atoms with van der Waals surface area (Å²) in [5.41, 5.74) is 0.951. The van der Waals surface area contributed by atoms with Gasteiger partial charge in [0.2, 0.25) is 10.0 Å². The third-order valence-electron chi connectivity index (χ3n) is 2.72. The lowest BCUT2D eigenvalue weighted by Gasteiger charge is -2.09. The largest absolute Gasteiger partial charge is 0.485 e. The van der Waals surface area contributed by atoms with Crippen LogP contribution in [0.4, 0.5) is 0 Å². The van der Waals surface area contributed by atoms with Gasteiger partial charge in [-0.15, -0.1) is 11.3 Å². The molecule has 1 aromatic carbocycles. The fourth-order valence-electron chi connectivity index (χ4n) is 1.58. The molecule has 0 aliphatic carbocycles. The second-order valence-corrected chi connectivity index (χ2v) is 7.93. The van der Waals surface area contributed by atoms with Crippen LogP contribution in [0.5, 0.6) is 5.75 Å². The number of nitrogens with two attached hydrogens (primary N) is 1. The third-order valence-corrected chi connectivity index (χ3v) is 5.43. The van der Waals surface area contributed by atoms with Crippen LogP contribution in [0.25, 0.3) is 0 Å². The molecule has 114 valence electrons. The molecule has 5 nitrogen and oxygen atoms in total. The van der Waals surface area contributed by atoms with Gasteiger partial charge < -0.3 is 4.74 Å². The van der Waals surface area contributed by atoms with Crippen LogP contribution >= 0.6 is 34.5 Å². The number of sulfonamides is 1. The molecular weight excluding hydrogens is 355 g/mol. The molecule has 2 aromatic rings. The van der Waals surface area contributed by atoms with E-state index in [4.69, 9.17) is 33.1 Å². The Bertz CT molecular complexity index is 769. The number of aromatic nitrogens is 1. The second kappa shape index (κ2) is 6.10. The van der Waals surface area contributed by atoms with Crippen LogP contribution in [0.15, 0.2) is 17.0 Å². The van der Waals surface area contributed by atoms with E-state index in [1.54, 1.807) is 0 Å². The van der Waals surface area contributed by atoms with E-state index in [0.29, 0.717) is 0 Å². The van der Waals surface area contributed by atoms with Gasteiger partial charge in [-0.3, -0.25) is 0 Å². The van der Waals surface area contributed by atoms with E-state index in [1.807, 2.05) is 13.8 Å². The predicted octanol–water partition coefficient (Wildman–Crippen LogP) is 3.29. The fraction of sp³-hybridized carbons (Fsp3) is 0.250. The number of primary sulfonamides is 1. The van der Waals surface area contributed by atoms with Gasteiger partial charge in [0.15, 0.2) is 0 Å². The molecule has 0 saturated carbocycles. The SMILES string of the molecule is Cc1nc(COc2cc(Cl)c(S(N)(=O)=O)cc2Cl)sc1C. The minimum absolute atomic E-state index is 0.0385. The molecular formula is C12H12Cl2N2O3S2. The van der Waals surface area contributed by atoms with Gasteiger partial charge in [-0.1, -0.05) is 23.2 Å². The summed E-state index contributed by atoms with van der Waals surface area (Å²) in [5.74, 6) is 0.277. The normalized spacial score (nSPS) is 11.7. The first-order valence-corrected chi connectivity index (χ1v) is 8.88. The van der Waals surface area contributed by atoms with E-state index in [2.05, 4.69) is 4.98 Å². The quantitative estimate of drug-likeness (QED) is 0.899. The highest BCUT2D eigenvalue weighted by Gasteiger charge is 2.17. The molecule has 0 saturated heterocycles. The van der Waals surface area contributed by atoms with Gasteiger partial charge in [0.05, 0.1) is 15.7 Å². The predicted molar refractivity (Wildman–Crippen MR) is 83.8 cm³/mol. The average molecular weight is 367 g/mol. The van der Waals surface area contributed by atoms with E-state index < -0.39 is 10.0 Å². The van der Waals surface area contributed by atoms with Crippen LogP contribution in [0, 0.1) is 13.8 Å². The lowest BCUT2D eigenvalue weighted by Crippen LogP contribution is -2.13. The number of nitrogens with zero attached hydrogens (tertiary/aromatic N) is 1. The summed E-state index contributed by atoms with van der Waals surface area (Å²) < 4.78 is 28.2. The molecule has 2 N–H and O–H groups in total. The van der Waals surface area contributed by atoms with Crippen molar-refractivity contribution in [1.82, 2.24) is 4.98 Å². The van der Waals surface area contributed by atoms with Crippen molar-refractivity contribution in [2.45, 2.75) is 25.3 Å². The molecule has 0 atom stereocenters. The summed E-state index contributed by atoms with van der Waals surface area (Å²) >= 11 is 13.4. The average Bonchev–Trinajstić information content (AvgIpc) is 2.68. The number of halogens is 2. The molecule has 9 heteroatoms. The maximum atomic E-state index is 11.3. The van der Waals surface area contributed by atoms with Crippen LogP contribution < -0.4 is 9.88 Å². The topological polar surface area (TPSA) is 82.3 Å². The van der Waals surface area contributed by atoms with E-state index >= 15 is 0 Å². The summed E-state index contributed by atoms with van der Waals surface area (Å²) in [6, 6.07) is 2.50. The molecule has 0 bridgehead atoms. The summed E-state index contributed by atoms with van der Waals surface area (Å²) in [6.45, 7) is 4.12. The molecule has 0 spiro atoms. The molecule has 2 rings (SSSR count). The molecule has 0 aliphatic rings. The van der Waals surface area contributed by atoms with Crippen LogP contribution in [0.3, 0.4) is 0 Å². The van der Waals surface area contributed by atoms with Gasteiger partial charge in [0.1, 0.15) is 22.3 Å². The minimum atomic E-state index is -3.92. The number of benzene rings is 1. The van der Waals surface area contributed by atoms with Crippen molar-refractivity contribution in [1.29, 1.82) is 0 Å². The van der Waals surface area contributed by atoms with Crippen LogP contribution in [0.2, 0.25) is 10.0 Å². The molecule has 0 unspecified atom stereocenters. The summed E-state index contributed by atoms with van der Waals surface area (Å²) in [4.78, 5) is 5.22. The molecule has 0 radical (unpaired) electrons. The Morgan fingerprint density at radius 2 is 1.95 bits per heavy atom. The maximum absolute atomic E-state index is 11.3. The molecule has 1 aromatic heterocycles. The van der Waals surface area contributed by atoms with Crippen molar-refractivity contribution in [3.05, 3.63) is 37.8 Å². The van der Waals surface area contributed by atoms with Crippen LogP contribution in [-0.4, -0.2) is 13.4 Å². The zero-order valence-electron chi connectivity index (χ0n) is 11.2. The summed E-state index contributed by atoms with van der Waals surface area (Å²) in [6.07, 6.45) is 0. The number of aryl methyl sites for hydroxylation is 2. The van der Waals surface area contributed by atoms with Crippen molar-refractivity contribution in [3.8, 4) is 5.75 Å². The highest BCUT2D eigenvalue weighted by Crippen LogP contribution is 2.33. The summed E-state index contributed by atoms with van der Waals surface area (Å²) in [5, 5.41) is 5.92. The van der Waals surface area contributed by atoms with Crippen molar-refractivity contribution in [2.75, 3.05) is 0 Å². The fourth-order valence-corrected chi connectivity index (χ4v) is 3.80.